The molecule has 74 valence electrons. The highest BCUT2D eigenvalue weighted by molar-refractivity contribution is 5.82. The minimum atomic E-state index is -0.773. The van der Waals surface area contributed by atoms with E-state index in [1.54, 1.807) is 0 Å². The standard InChI is InChI=1S/C7H13N3O3/c8-7(12)10-9-6(11)5-2-1-3-13-4-5/h5H,1-4H2,(H,9,11)(H3,8,10,12). The van der Waals surface area contributed by atoms with Gasteiger partial charge >= 0.3 is 6.03 Å². The summed E-state index contributed by atoms with van der Waals surface area (Å²) in [5, 5.41) is 0. The number of ether oxygens (including phenoxy) is 1. The maximum absolute atomic E-state index is 11.2. The first kappa shape index (κ1) is 9.79. The van der Waals surface area contributed by atoms with Gasteiger partial charge in [-0.15, -0.1) is 0 Å². The zero-order valence-corrected chi connectivity index (χ0v) is 7.21. The van der Waals surface area contributed by atoms with Crippen molar-refractivity contribution in [3.05, 3.63) is 0 Å². The van der Waals surface area contributed by atoms with Crippen LogP contribution >= 0.6 is 0 Å². The Bertz CT molecular complexity index is 201. The second-order valence-electron chi connectivity index (χ2n) is 2.89. The Morgan fingerprint density at radius 2 is 2.15 bits per heavy atom. The van der Waals surface area contributed by atoms with Crippen LogP contribution in [0.2, 0.25) is 0 Å². The summed E-state index contributed by atoms with van der Waals surface area (Å²) in [5.74, 6) is -0.431. The number of hydrogen-bond acceptors (Lipinski definition) is 3. The summed E-state index contributed by atoms with van der Waals surface area (Å²) in [4.78, 5) is 21.5. The Kier molecular flexibility index (Phi) is 3.51. The topological polar surface area (TPSA) is 93.5 Å². The van der Waals surface area contributed by atoms with Crippen LogP contribution in [0.3, 0.4) is 0 Å². The molecule has 1 rings (SSSR count). The van der Waals surface area contributed by atoms with Crippen molar-refractivity contribution < 1.29 is 14.3 Å². The lowest BCUT2D eigenvalue weighted by molar-refractivity contribution is -0.129. The maximum atomic E-state index is 11.2. The Labute approximate surface area is 75.8 Å². The summed E-state index contributed by atoms with van der Waals surface area (Å²) in [6.45, 7) is 1.11. The summed E-state index contributed by atoms with van der Waals surface area (Å²) >= 11 is 0. The lowest BCUT2D eigenvalue weighted by atomic mass is 10.0. The van der Waals surface area contributed by atoms with Crippen LogP contribution in [0.5, 0.6) is 0 Å². The van der Waals surface area contributed by atoms with Gasteiger partial charge in [0.1, 0.15) is 0 Å². The second-order valence-corrected chi connectivity index (χ2v) is 2.89. The van der Waals surface area contributed by atoms with E-state index in [0.717, 1.165) is 12.8 Å². The first-order valence-electron chi connectivity index (χ1n) is 4.13. The molecule has 0 bridgehead atoms. The summed E-state index contributed by atoms with van der Waals surface area (Å²) in [6, 6.07) is -0.773. The number of urea groups is 1. The molecular weight excluding hydrogens is 174 g/mol. The molecule has 0 aromatic rings. The molecule has 0 aromatic carbocycles. The molecule has 1 saturated heterocycles. The molecule has 4 N–H and O–H groups in total. The van der Waals surface area contributed by atoms with Gasteiger partial charge in [0.2, 0.25) is 5.91 Å². The van der Waals surface area contributed by atoms with Crippen molar-refractivity contribution in [3.63, 3.8) is 0 Å². The van der Waals surface area contributed by atoms with E-state index in [0.29, 0.717) is 13.2 Å². The van der Waals surface area contributed by atoms with Crippen LogP contribution in [0.4, 0.5) is 4.79 Å². The van der Waals surface area contributed by atoms with E-state index >= 15 is 0 Å². The van der Waals surface area contributed by atoms with E-state index in [4.69, 9.17) is 10.5 Å². The number of carbonyl (C=O) groups is 2. The van der Waals surface area contributed by atoms with Gasteiger partial charge in [0.25, 0.3) is 0 Å². The molecule has 0 radical (unpaired) electrons. The predicted octanol–water partition coefficient (Wildman–Crippen LogP) is -0.888. The lowest BCUT2D eigenvalue weighted by Gasteiger charge is -2.20. The zero-order chi connectivity index (χ0) is 9.68. The highest BCUT2D eigenvalue weighted by Gasteiger charge is 2.21. The molecule has 0 aromatic heterocycles. The van der Waals surface area contributed by atoms with E-state index in [1.165, 1.54) is 0 Å². The monoisotopic (exact) mass is 187 g/mol. The number of nitrogens with two attached hydrogens (primary N) is 1. The van der Waals surface area contributed by atoms with Gasteiger partial charge in [0.05, 0.1) is 12.5 Å². The third-order valence-corrected chi connectivity index (χ3v) is 1.84. The van der Waals surface area contributed by atoms with Crippen molar-refractivity contribution in [2.45, 2.75) is 12.8 Å². The van der Waals surface area contributed by atoms with Crippen LogP contribution < -0.4 is 16.6 Å². The van der Waals surface area contributed by atoms with Crippen LogP contribution in [0.1, 0.15) is 12.8 Å². The molecule has 1 aliphatic rings. The van der Waals surface area contributed by atoms with Crippen LogP contribution in [0.25, 0.3) is 0 Å². The molecule has 1 fully saturated rings. The normalized spacial score (nSPS) is 22.0. The summed E-state index contributed by atoms with van der Waals surface area (Å²) in [7, 11) is 0. The van der Waals surface area contributed by atoms with Crippen molar-refractivity contribution >= 4 is 11.9 Å². The fourth-order valence-electron chi connectivity index (χ4n) is 1.17. The van der Waals surface area contributed by atoms with Gasteiger partial charge in [0, 0.05) is 6.61 Å². The van der Waals surface area contributed by atoms with E-state index < -0.39 is 6.03 Å². The van der Waals surface area contributed by atoms with Crippen molar-refractivity contribution in [3.8, 4) is 0 Å². The van der Waals surface area contributed by atoms with Crippen molar-refractivity contribution in [1.29, 1.82) is 0 Å². The maximum Gasteiger partial charge on any atom is 0.330 e. The Morgan fingerprint density at radius 1 is 1.38 bits per heavy atom. The number of nitrogens with one attached hydrogen (secondary N) is 2. The molecule has 1 unspecified atom stereocenters. The van der Waals surface area contributed by atoms with E-state index in [-0.39, 0.29) is 11.8 Å². The number of hydrogen-bond donors (Lipinski definition) is 3. The molecule has 6 heteroatoms. The van der Waals surface area contributed by atoms with Crippen molar-refractivity contribution in [2.24, 2.45) is 11.7 Å². The Hall–Kier alpha value is -1.30. The zero-order valence-electron chi connectivity index (χ0n) is 7.21. The third kappa shape index (κ3) is 3.29. The molecule has 1 heterocycles. The van der Waals surface area contributed by atoms with Crippen molar-refractivity contribution in [2.75, 3.05) is 13.2 Å². The molecule has 0 aliphatic carbocycles. The molecule has 3 amide bonds. The number of carbonyl (C=O) groups excluding carboxylic acids is 2. The lowest BCUT2D eigenvalue weighted by Crippen LogP contribution is -2.48. The summed E-state index contributed by atoms with van der Waals surface area (Å²) < 4.78 is 5.11. The van der Waals surface area contributed by atoms with Crippen LogP contribution in [0.15, 0.2) is 0 Å². The number of amides is 3. The van der Waals surface area contributed by atoms with E-state index in [9.17, 15) is 9.59 Å². The minimum absolute atomic E-state index is 0.180. The average molecular weight is 187 g/mol. The molecule has 0 spiro atoms. The molecule has 0 saturated carbocycles. The Balaban J connectivity index is 2.25. The minimum Gasteiger partial charge on any atom is -0.381 e. The molecule has 1 atom stereocenters. The molecule has 1 aliphatic heterocycles. The predicted molar refractivity (Wildman–Crippen MR) is 44.4 cm³/mol. The van der Waals surface area contributed by atoms with Gasteiger partial charge in [-0.2, -0.15) is 0 Å². The smallest absolute Gasteiger partial charge is 0.330 e. The van der Waals surface area contributed by atoms with Gasteiger partial charge < -0.3 is 10.5 Å². The van der Waals surface area contributed by atoms with Crippen molar-refractivity contribution in [1.82, 2.24) is 10.9 Å². The van der Waals surface area contributed by atoms with Crippen LogP contribution in [-0.4, -0.2) is 25.2 Å². The SMILES string of the molecule is NC(=O)NNC(=O)C1CCCOC1. The first-order chi connectivity index (χ1) is 6.20. The first-order valence-corrected chi connectivity index (χ1v) is 4.13. The number of hydrazine groups is 1. The van der Waals surface area contributed by atoms with Crippen LogP contribution in [-0.2, 0) is 9.53 Å². The fraction of sp³-hybridized carbons (Fsp3) is 0.714. The van der Waals surface area contributed by atoms with E-state index in [1.807, 2.05) is 5.43 Å². The van der Waals surface area contributed by atoms with E-state index in [2.05, 4.69) is 5.43 Å². The molecular formula is C7H13N3O3. The Morgan fingerprint density at radius 3 is 2.69 bits per heavy atom. The third-order valence-electron chi connectivity index (χ3n) is 1.84. The average Bonchev–Trinajstić information content (AvgIpc) is 2.15. The largest absolute Gasteiger partial charge is 0.381 e. The van der Waals surface area contributed by atoms with Gasteiger partial charge in [0.15, 0.2) is 0 Å². The van der Waals surface area contributed by atoms with Crippen LogP contribution in [0, 0.1) is 5.92 Å². The highest BCUT2D eigenvalue weighted by Crippen LogP contribution is 2.12. The molecule has 6 nitrogen and oxygen atoms in total. The summed E-state index contributed by atoms with van der Waals surface area (Å²) in [5.41, 5.74) is 9.01. The highest BCUT2D eigenvalue weighted by atomic mass is 16.5. The second kappa shape index (κ2) is 4.66. The van der Waals surface area contributed by atoms with Gasteiger partial charge in [-0.25, -0.2) is 10.2 Å². The fourth-order valence-corrected chi connectivity index (χ4v) is 1.17. The molecule has 13 heavy (non-hydrogen) atoms. The van der Waals surface area contributed by atoms with Gasteiger partial charge in [-0.05, 0) is 12.8 Å². The number of primary amides is 1. The van der Waals surface area contributed by atoms with Gasteiger partial charge in [-0.3, -0.25) is 10.2 Å². The number of rotatable bonds is 1. The summed E-state index contributed by atoms with van der Waals surface area (Å²) in [6.07, 6.45) is 1.65. The quantitative estimate of drug-likeness (QED) is 0.465. The van der Waals surface area contributed by atoms with Gasteiger partial charge in [-0.1, -0.05) is 0 Å².